The van der Waals surface area contributed by atoms with Crippen molar-refractivity contribution >= 4 is 11.8 Å². The predicted molar refractivity (Wildman–Crippen MR) is 75.5 cm³/mol. The minimum Gasteiger partial charge on any atom is -0.356 e. The SMILES string of the molecule is CCS[C@H]1OC2COC(C)(C)O[C@H]2C2OC(C)(C)OC21. The molecule has 20 heavy (non-hydrogen) atoms. The standard InChI is InChI=1S/C14H24O5S/c1-6-20-12-11-10(18-14(4,5)19-11)9-8(16-12)7-15-13(2,3)17-9/h8-12H,6-7H2,1-5H3/t8?,9-,10?,11?,12-/m1/s1. The van der Waals surface area contributed by atoms with Gasteiger partial charge in [0.1, 0.15) is 29.9 Å². The van der Waals surface area contributed by atoms with Crippen LogP contribution in [-0.4, -0.2) is 53.8 Å². The Morgan fingerprint density at radius 1 is 0.950 bits per heavy atom. The molecular formula is C14H24O5S. The van der Waals surface area contributed by atoms with Gasteiger partial charge in [-0.05, 0) is 33.4 Å². The second-order valence-electron chi connectivity index (χ2n) is 6.36. The van der Waals surface area contributed by atoms with Gasteiger partial charge in [-0.25, -0.2) is 0 Å². The highest BCUT2D eigenvalue weighted by atomic mass is 32.2. The molecule has 6 heteroatoms. The lowest BCUT2D eigenvalue weighted by Crippen LogP contribution is -2.62. The molecule has 116 valence electrons. The monoisotopic (exact) mass is 304 g/mol. The van der Waals surface area contributed by atoms with Gasteiger partial charge in [0.25, 0.3) is 0 Å². The maximum absolute atomic E-state index is 6.14. The molecule has 3 heterocycles. The number of rotatable bonds is 2. The van der Waals surface area contributed by atoms with Gasteiger partial charge in [0, 0.05) is 0 Å². The van der Waals surface area contributed by atoms with E-state index in [1.165, 1.54) is 0 Å². The van der Waals surface area contributed by atoms with Crippen molar-refractivity contribution in [3.63, 3.8) is 0 Å². The van der Waals surface area contributed by atoms with Crippen molar-refractivity contribution in [2.75, 3.05) is 12.4 Å². The molecule has 0 aromatic carbocycles. The van der Waals surface area contributed by atoms with Crippen molar-refractivity contribution < 1.29 is 23.7 Å². The lowest BCUT2D eigenvalue weighted by Gasteiger charge is -2.48. The van der Waals surface area contributed by atoms with E-state index in [4.69, 9.17) is 23.7 Å². The highest BCUT2D eigenvalue weighted by Crippen LogP contribution is 2.44. The van der Waals surface area contributed by atoms with Gasteiger partial charge in [0.05, 0.1) is 6.61 Å². The summed E-state index contributed by atoms with van der Waals surface area (Å²) >= 11 is 1.75. The van der Waals surface area contributed by atoms with E-state index < -0.39 is 11.6 Å². The molecule has 0 radical (unpaired) electrons. The van der Waals surface area contributed by atoms with E-state index in [1.807, 2.05) is 27.7 Å². The van der Waals surface area contributed by atoms with Crippen molar-refractivity contribution in [2.45, 2.75) is 76.0 Å². The lowest BCUT2D eigenvalue weighted by molar-refractivity contribution is -0.342. The predicted octanol–water partition coefficient (Wildman–Crippen LogP) is 2.14. The molecule has 3 aliphatic heterocycles. The highest BCUT2D eigenvalue weighted by Gasteiger charge is 2.58. The fourth-order valence-corrected chi connectivity index (χ4v) is 3.99. The van der Waals surface area contributed by atoms with Crippen molar-refractivity contribution in [3.8, 4) is 0 Å². The first kappa shape index (κ1) is 15.1. The van der Waals surface area contributed by atoms with E-state index in [0.29, 0.717) is 6.61 Å². The number of thioether (sulfide) groups is 1. The molecule has 5 nitrogen and oxygen atoms in total. The average Bonchev–Trinajstić information content (AvgIpc) is 2.66. The van der Waals surface area contributed by atoms with Crippen LogP contribution in [0.25, 0.3) is 0 Å². The molecule has 0 saturated carbocycles. The van der Waals surface area contributed by atoms with Crippen LogP contribution in [0.2, 0.25) is 0 Å². The Labute approximate surface area is 124 Å². The van der Waals surface area contributed by atoms with Crippen molar-refractivity contribution in [1.29, 1.82) is 0 Å². The lowest BCUT2D eigenvalue weighted by atomic mass is 9.98. The Morgan fingerprint density at radius 3 is 2.30 bits per heavy atom. The molecular weight excluding hydrogens is 280 g/mol. The van der Waals surface area contributed by atoms with Gasteiger partial charge in [-0.3, -0.25) is 0 Å². The summed E-state index contributed by atoms with van der Waals surface area (Å²) in [5.74, 6) is -0.218. The van der Waals surface area contributed by atoms with E-state index in [9.17, 15) is 0 Å². The van der Waals surface area contributed by atoms with E-state index in [2.05, 4.69) is 6.92 Å². The van der Waals surface area contributed by atoms with Crippen molar-refractivity contribution in [1.82, 2.24) is 0 Å². The largest absolute Gasteiger partial charge is 0.356 e. The first-order valence-electron chi connectivity index (χ1n) is 7.26. The summed E-state index contributed by atoms with van der Waals surface area (Å²) in [4.78, 5) is 0. The van der Waals surface area contributed by atoms with E-state index in [-0.39, 0.29) is 29.9 Å². The molecule has 5 atom stereocenters. The summed E-state index contributed by atoms with van der Waals surface area (Å²) < 4.78 is 30.0. The molecule has 3 aliphatic rings. The van der Waals surface area contributed by atoms with Gasteiger partial charge in [-0.15, -0.1) is 11.8 Å². The van der Waals surface area contributed by atoms with E-state index >= 15 is 0 Å². The Kier molecular flexibility index (Phi) is 3.85. The second-order valence-corrected chi connectivity index (χ2v) is 7.73. The molecule has 3 saturated heterocycles. The highest BCUT2D eigenvalue weighted by molar-refractivity contribution is 7.99. The van der Waals surface area contributed by atoms with Gasteiger partial charge in [-0.2, -0.15) is 0 Å². The average molecular weight is 304 g/mol. The molecule has 0 N–H and O–H groups in total. The zero-order valence-corrected chi connectivity index (χ0v) is 13.6. The fraction of sp³-hybridized carbons (Fsp3) is 1.00. The van der Waals surface area contributed by atoms with Crippen LogP contribution >= 0.6 is 11.8 Å². The zero-order valence-electron chi connectivity index (χ0n) is 12.8. The Bertz CT molecular complexity index is 373. The number of hydrogen-bond donors (Lipinski definition) is 0. The second kappa shape index (κ2) is 5.11. The molecule has 0 aromatic rings. The Balaban J connectivity index is 1.83. The maximum atomic E-state index is 6.14. The molecule has 0 bridgehead atoms. The quantitative estimate of drug-likeness (QED) is 0.779. The summed E-state index contributed by atoms with van der Waals surface area (Å²) in [5, 5.41) is 0. The van der Waals surface area contributed by atoms with Crippen LogP contribution in [0, 0.1) is 0 Å². The summed E-state index contributed by atoms with van der Waals surface area (Å²) in [5.41, 5.74) is -0.0264. The van der Waals surface area contributed by atoms with Gasteiger partial charge < -0.3 is 23.7 Å². The first-order valence-corrected chi connectivity index (χ1v) is 8.31. The van der Waals surface area contributed by atoms with Crippen molar-refractivity contribution in [2.24, 2.45) is 0 Å². The molecule has 3 rings (SSSR count). The van der Waals surface area contributed by atoms with Crippen LogP contribution in [0.15, 0.2) is 0 Å². The molecule has 3 fully saturated rings. The van der Waals surface area contributed by atoms with Gasteiger partial charge >= 0.3 is 0 Å². The molecule has 3 unspecified atom stereocenters. The smallest absolute Gasteiger partial charge is 0.164 e. The molecule has 0 aromatic heterocycles. The maximum Gasteiger partial charge on any atom is 0.164 e. The number of ether oxygens (including phenoxy) is 5. The molecule has 0 aliphatic carbocycles. The van der Waals surface area contributed by atoms with Crippen molar-refractivity contribution in [3.05, 3.63) is 0 Å². The summed E-state index contributed by atoms with van der Waals surface area (Å²) in [7, 11) is 0. The van der Waals surface area contributed by atoms with E-state index in [1.54, 1.807) is 11.8 Å². The zero-order chi connectivity index (χ0) is 14.5. The minimum absolute atomic E-state index is 0.0264. The van der Waals surface area contributed by atoms with Crippen LogP contribution in [0.5, 0.6) is 0 Å². The summed E-state index contributed by atoms with van der Waals surface area (Å²) in [6.45, 7) is 10.4. The Hall–Kier alpha value is 0.150. The third kappa shape index (κ3) is 2.74. The summed E-state index contributed by atoms with van der Waals surface area (Å²) in [6, 6.07) is 0. The Morgan fingerprint density at radius 2 is 1.60 bits per heavy atom. The van der Waals surface area contributed by atoms with Crippen LogP contribution in [0.4, 0.5) is 0 Å². The molecule has 0 spiro atoms. The first-order chi connectivity index (χ1) is 9.31. The third-order valence-electron chi connectivity index (χ3n) is 3.78. The number of fused-ring (bicyclic) bond motifs is 3. The van der Waals surface area contributed by atoms with Gasteiger partial charge in [0.2, 0.25) is 0 Å². The van der Waals surface area contributed by atoms with Crippen LogP contribution < -0.4 is 0 Å². The number of hydrogen-bond acceptors (Lipinski definition) is 6. The molecule has 0 amide bonds. The summed E-state index contributed by atoms with van der Waals surface area (Å²) in [6.07, 6.45) is -0.425. The minimum atomic E-state index is -0.601. The van der Waals surface area contributed by atoms with Gasteiger partial charge in [0.15, 0.2) is 11.6 Å². The fourth-order valence-electron chi connectivity index (χ4n) is 3.04. The van der Waals surface area contributed by atoms with Crippen LogP contribution in [0.3, 0.4) is 0 Å². The van der Waals surface area contributed by atoms with Crippen LogP contribution in [0.1, 0.15) is 34.6 Å². The topological polar surface area (TPSA) is 46.2 Å². The van der Waals surface area contributed by atoms with Crippen LogP contribution in [-0.2, 0) is 23.7 Å². The third-order valence-corrected chi connectivity index (χ3v) is 4.82. The van der Waals surface area contributed by atoms with Gasteiger partial charge in [-0.1, -0.05) is 6.92 Å². The van der Waals surface area contributed by atoms with E-state index in [0.717, 1.165) is 5.75 Å². The normalized spacial score (nSPS) is 45.8.